The zero-order chi connectivity index (χ0) is 22.7. The smallest absolute Gasteiger partial charge is 0.266 e. The molecule has 0 aliphatic carbocycles. The van der Waals surface area contributed by atoms with Gasteiger partial charge in [0.05, 0.1) is 29.2 Å². The number of hydrogen-bond donors (Lipinski definition) is 0. The fourth-order valence-corrected chi connectivity index (χ4v) is 7.94. The SMILES string of the molecule is C[Si]1(C)c2ccccc2N(c2ccc3c(c2)C(=O)N(c2cncnc2)C3=O)c2ccccc21. The van der Waals surface area contributed by atoms with Crippen LogP contribution in [-0.4, -0.2) is 29.9 Å². The van der Waals surface area contributed by atoms with Gasteiger partial charge in [0, 0.05) is 17.1 Å². The molecule has 2 aliphatic heterocycles. The van der Waals surface area contributed by atoms with Gasteiger partial charge in [-0.25, -0.2) is 14.9 Å². The Hall–Kier alpha value is -4.10. The number of imide groups is 1. The third kappa shape index (κ3) is 2.72. The van der Waals surface area contributed by atoms with E-state index >= 15 is 0 Å². The van der Waals surface area contributed by atoms with E-state index in [2.05, 4.69) is 64.4 Å². The predicted octanol–water partition coefficient (Wildman–Crippen LogP) is 3.88. The molecule has 2 amide bonds. The molecule has 1 aromatic heterocycles. The molecule has 0 unspecified atom stereocenters. The maximum atomic E-state index is 13.3. The maximum Gasteiger partial charge on any atom is 0.266 e. The third-order valence-corrected chi connectivity index (χ3v) is 10.1. The molecule has 3 aromatic carbocycles. The molecule has 0 atom stereocenters. The first-order valence-electron chi connectivity index (χ1n) is 10.8. The average Bonchev–Trinajstić information content (AvgIpc) is 3.09. The van der Waals surface area contributed by atoms with Gasteiger partial charge in [-0.05, 0) is 40.7 Å². The van der Waals surface area contributed by atoms with Crippen molar-refractivity contribution in [1.29, 1.82) is 0 Å². The number of nitrogens with zero attached hydrogens (tertiary/aromatic N) is 4. The van der Waals surface area contributed by atoms with Crippen LogP contribution in [-0.2, 0) is 0 Å². The number of carbonyl (C=O) groups excluding carboxylic acids is 2. The lowest BCUT2D eigenvalue weighted by Crippen LogP contribution is -2.58. The second kappa shape index (κ2) is 6.95. The van der Waals surface area contributed by atoms with Crippen molar-refractivity contribution in [2.75, 3.05) is 9.80 Å². The summed E-state index contributed by atoms with van der Waals surface area (Å²) in [6.07, 6.45) is 4.31. The Kier molecular flexibility index (Phi) is 4.12. The van der Waals surface area contributed by atoms with E-state index in [1.54, 1.807) is 6.07 Å². The molecule has 6 rings (SSSR count). The van der Waals surface area contributed by atoms with Gasteiger partial charge in [-0.2, -0.15) is 0 Å². The highest BCUT2D eigenvalue weighted by atomic mass is 28.3. The highest BCUT2D eigenvalue weighted by Crippen LogP contribution is 2.40. The first-order valence-corrected chi connectivity index (χ1v) is 13.8. The minimum absolute atomic E-state index is 0.357. The van der Waals surface area contributed by atoms with Crippen molar-refractivity contribution in [2.45, 2.75) is 13.1 Å². The summed E-state index contributed by atoms with van der Waals surface area (Å²) >= 11 is 0. The van der Waals surface area contributed by atoms with Gasteiger partial charge >= 0.3 is 0 Å². The fraction of sp³-hybridized carbons (Fsp3) is 0.0769. The number of hydrogen-bond acceptors (Lipinski definition) is 5. The molecule has 0 radical (unpaired) electrons. The van der Waals surface area contributed by atoms with Crippen LogP contribution >= 0.6 is 0 Å². The van der Waals surface area contributed by atoms with E-state index in [0.29, 0.717) is 16.8 Å². The molecule has 4 aromatic rings. The number of para-hydroxylation sites is 2. The minimum atomic E-state index is -1.89. The number of aromatic nitrogens is 2. The van der Waals surface area contributed by atoms with Gasteiger partial charge in [0.15, 0.2) is 0 Å². The van der Waals surface area contributed by atoms with Crippen LogP contribution in [0.25, 0.3) is 0 Å². The number of anilines is 4. The second-order valence-electron chi connectivity index (χ2n) is 8.77. The van der Waals surface area contributed by atoms with E-state index in [0.717, 1.165) is 22.0 Å². The van der Waals surface area contributed by atoms with Crippen LogP contribution in [0.4, 0.5) is 22.7 Å². The Labute approximate surface area is 192 Å². The Morgan fingerprint density at radius 1 is 0.667 bits per heavy atom. The van der Waals surface area contributed by atoms with Crippen molar-refractivity contribution in [3.63, 3.8) is 0 Å². The molecule has 6 nitrogen and oxygen atoms in total. The van der Waals surface area contributed by atoms with Gasteiger partial charge in [-0.3, -0.25) is 9.59 Å². The van der Waals surface area contributed by atoms with E-state index in [1.165, 1.54) is 29.1 Å². The van der Waals surface area contributed by atoms with E-state index < -0.39 is 8.07 Å². The quantitative estimate of drug-likeness (QED) is 0.344. The zero-order valence-electron chi connectivity index (χ0n) is 18.2. The molecule has 33 heavy (non-hydrogen) atoms. The molecule has 0 bridgehead atoms. The topological polar surface area (TPSA) is 66.4 Å². The Balaban J connectivity index is 1.52. The van der Waals surface area contributed by atoms with Gasteiger partial charge in [-0.1, -0.05) is 49.5 Å². The molecular formula is C26H20N4O2Si. The lowest BCUT2D eigenvalue weighted by molar-refractivity contribution is 0.0926. The monoisotopic (exact) mass is 448 g/mol. The minimum Gasteiger partial charge on any atom is -0.311 e. The van der Waals surface area contributed by atoms with Crippen LogP contribution in [0.5, 0.6) is 0 Å². The van der Waals surface area contributed by atoms with Crippen LogP contribution in [0.15, 0.2) is 85.5 Å². The normalized spacial score (nSPS) is 15.8. The van der Waals surface area contributed by atoms with Gasteiger partial charge in [0.1, 0.15) is 14.4 Å². The maximum absolute atomic E-state index is 13.3. The fourth-order valence-electron chi connectivity index (χ4n) is 4.96. The van der Waals surface area contributed by atoms with Crippen molar-refractivity contribution in [1.82, 2.24) is 9.97 Å². The number of rotatable bonds is 2. The number of carbonyl (C=O) groups is 2. The van der Waals surface area contributed by atoms with Crippen LogP contribution in [0.2, 0.25) is 13.1 Å². The number of fused-ring (bicyclic) bond motifs is 3. The summed E-state index contributed by atoms with van der Waals surface area (Å²) in [6, 6.07) is 22.4. The van der Waals surface area contributed by atoms with Crippen LogP contribution in [0.1, 0.15) is 20.7 Å². The van der Waals surface area contributed by atoms with Crippen LogP contribution in [0.3, 0.4) is 0 Å². The highest BCUT2D eigenvalue weighted by molar-refractivity contribution is 7.02. The second-order valence-corrected chi connectivity index (χ2v) is 13.1. The molecular weight excluding hydrogens is 428 g/mol. The third-order valence-electron chi connectivity index (χ3n) is 6.57. The Morgan fingerprint density at radius 3 is 1.88 bits per heavy atom. The van der Waals surface area contributed by atoms with E-state index in [1.807, 2.05) is 24.3 Å². The molecule has 7 heteroatoms. The van der Waals surface area contributed by atoms with Gasteiger partial charge < -0.3 is 4.90 Å². The summed E-state index contributed by atoms with van der Waals surface area (Å²) in [5.74, 6) is -0.718. The number of amides is 2. The summed E-state index contributed by atoms with van der Waals surface area (Å²) in [4.78, 5) is 37.5. The molecule has 0 spiro atoms. The lowest BCUT2D eigenvalue weighted by Gasteiger charge is -2.41. The van der Waals surface area contributed by atoms with Gasteiger partial charge in [-0.15, -0.1) is 0 Å². The van der Waals surface area contributed by atoms with Crippen molar-refractivity contribution in [3.8, 4) is 0 Å². The Morgan fingerprint density at radius 2 is 1.24 bits per heavy atom. The average molecular weight is 449 g/mol. The van der Waals surface area contributed by atoms with Crippen molar-refractivity contribution in [2.24, 2.45) is 0 Å². The predicted molar refractivity (Wildman–Crippen MR) is 131 cm³/mol. The summed E-state index contributed by atoms with van der Waals surface area (Å²) in [6.45, 7) is 4.74. The zero-order valence-corrected chi connectivity index (χ0v) is 19.2. The van der Waals surface area contributed by atoms with Gasteiger partial charge in [0.25, 0.3) is 11.8 Å². The lowest BCUT2D eigenvalue weighted by atomic mass is 10.1. The van der Waals surface area contributed by atoms with Crippen molar-refractivity contribution < 1.29 is 9.59 Å². The summed E-state index contributed by atoms with van der Waals surface area (Å²) < 4.78 is 0. The largest absolute Gasteiger partial charge is 0.311 e. The van der Waals surface area contributed by atoms with Crippen LogP contribution < -0.4 is 20.2 Å². The molecule has 160 valence electrons. The van der Waals surface area contributed by atoms with Crippen molar-refractivity contribution in [3.05, 3.63) is 96.6 Å². The van der Waals surface area contributed by atoms with Gasteiger partial charge in [0.2, 0.25) is 0 Å². The number of benzene rings is 3. The first kappa shape index (κ1) is 19.6. The summed E-state index contributed by atoms with van der Waals surface area (Å²) in [7, 11) is -1.89. The standard InChI is InChI=1S/C26H20N4O2Si/c1-33(2)23-9-5-3-7-21(23)29(22-8-4-6-10-24(22)33)17-11-12-19-20(13-17)26(32)30(25(19)31)18-14-27-16-28-15-18/h3-16H,1-2H3. The van der Waals surface area contributed by atoms with E-state index in [9.17, 15) is 9.59 Å². The first-order chi connectivity index (χ1) is 16.0. The molecule has 0 fully saturated rings. The molecule has 2 aliphatic rings. The summed E-state index contributed by atoms with van der Waals surface area (Å²) in [5, 5.41) is 2.68. The van der Waals surface area contributed by atoms with E-state index in [4.69, 9.17) is 0 Å². The molecule has 3 heterocycles. The summed E-state index contributed by atoms with van der Waals surface area (Å²) in [5.41, 5.74) is 4.24. The Bertz CT molecular complexity index is 1400. The highest BCUT2D eigenvalue weighted by Gasteiger charge is 2.40. The van der Waals surface area contributed by atoms with Crippen molar-refractivity contribution >= 4 is 53.0 Å². The van der Waals surface area contributed by atoms with Crippen LogP contribution in [0, 0.1) is 0 Å². The molecule has 0 N–H and O–H groups in total. The van der Waals surface area contributed by atoms with E-state index in [-0.39, 0.29) is 11.8 Å². The molecule has 0 saturated carbocycles. The molecule has 0 saturated heterocycles.